The smallest absolute Gasteiger partial charge is 0.146 e. The number of rotatable bonds is 2. The minimum Gasteiger partial charge on any atom is -0.480 e. The lowest BCUT2D eigenvalue weighted by Crippen LogP contribution is -2.01. The molecule has 0 bridgehead atoms. The van der Waals surface area contributed by atoms with Crippen LogP contribution in [0.4, 0.5) is 0 Å². The lowest BCUT2D eigenvalue weighted by molar-refractivity contribution is 0.326. The maximum atomic E-state index is 5.71. The van der Waals surface area contributed by atoms with Crippen LogP contribution in [0.1, 0.15) is 6.92 Å². The predicted octanol–water partition coefficient (Wildman–Crippen LogP) is 4.00. The molecule has 2 aromatic carbocycles. The first kappa shape index (κ1) is 9.77. The molecule has 14 heavy (non-hydrogen) atoms. The van der Waals surface area contributed by atoms with Crippen LogP contribution in [0, 0.1) is 0 Å². The second-order valence-corrected chi connectivity index (χ2v) is 4.89. The van der Waals surface area contributed by atoms with Crippen molar-refractivity contribution in [2.75, 3.05) is 0 Å². The van der Waals surface area contributed by atoms with Crippen LogP contribution in [-0.2, 0) is 0 Å². The molecular weight excluding hydrogens is 287 g/mol. The topological polar surface area (TPSA) is 9.23 Å². The van der Waals surface area contributed by atoms with Crippen LogP contribution in [0.15, 0.2) is 42.5 Å². The highest BCUT2D eigenvalue weighted by Crippen LogP contribution is 2.26. The third-order valence-electron chi connectivity index (χ3n) is 2.04. The quantitative estimate of drug-likeness (QED) is 0.601. The largest absolute Gasteiger partial charge is 0.480 e. The molecule has 0 N–H and O–H groups in total. The zero-order valence-electron chi connectivity index (χ0n) is 7.91. The molecule has 2 rings (SSSR count). The number of halogens is 1. The van der Waals surface area contributed by atoms with Gasteiger partial charge >= 0.3 is 0 Å². The van der Waals surface area contributed by atoms with E-state index in [1.807, 2.05) is 31.2 Å². The summed E-state index contributed by atoms with van der Waals surface area (Å²) in [6.45, 7) is 2.03. The second kappa shape index (κ2) is 4.17. The Labute approximate surface area is 97.2 Å². The van der Waals surface area contributed by atoms with Gasteiger partial charge in [-0.1, -0.05) is 36.4 Å². The van der Waals surface area contributed by atoms with Crippen molar-refractivity contribution in [3.63, 3.8) is 0 Å². The van der Waals surface area contributed by atoms with Crippen LogP contribution in [0.2, 0.25) is 0 Å². The van der Waals surface area contributed by atoms with E-state index in [0.29, 0.717) is 0 Å². The lowest BCUT2D eigenvalue weighted by atomic mass is 10.1. The Morgan fingerprint density at radius 1 is 1.07 bits per heavy atom. The van der Waals surface area contributed by atoms with Gasteiger partial charge in [0, 0.05) is 5.39 Å². The van der Waals surface area contributed by atoms with Gasteiger partial charge in [0.25, 0.3) is 0 Å². The Hall–Kier alpha value is -0.770. The Kier molecular flexibility index (Phi) is 2.91. The van der Waals surface area contributed by atoms with Crippen LogP contribution in [0.25, 0.3) is 10.8 Å². The summed E-state index contributed by atoms with van der Waals surface area (Å²) in [5, 5.41) is 2.40. The SMILES string of the molecule is CC(I)Oc1cccc2ccccc12. The number of benzene rings is 2. The second-order valence-electron chi connectivity index (χ2n) is 3.14. The van der Waals surface area contributed by atoms with Crippen molar-refractivity contribution >= 4 is 33.4 Å². The Morgan fingerprint density at radius 3 is 2.57 bits per heavy atom. The van der Waals surface area contributed by atoms with Crippen molar-refractivity contribution in [2.45, 2.75) is 11.0 Å². The first-order valence-electron chi connectivity index (χ1n) is 4.56. The summed E-state index contributed by atoms with van der Waals surface area (Å²) in [7, 11) is 0. The molecule has 2 heteroatoms. The molecule has 1 unspecified atom stereocenters. The van der Waals surface area contributed by atoms with Gasteiger partial charge in [-0.15, -0.1) is 0 Å². The average molecular weight is 298 g/mol. The number of ether oxygens (including phenoxy) is 1. The van der Waals surface area contributed by atoms with E-state index in [4.69, 9.17) is 4.74 Å². The monoisotopic (exact) mass is 298 g/mol. The van der Waals surface area contributed by atoms with Crippen LogP contribution in [-0.4, -0.2) is 4.11 Å². The van der Waals surface area contributed by atoms with Crippen molar-refractivity contribution < 1.29 is 4.74 Å². The minimum absolute atomic E-state index is 0.193. The summed E-state index contributed by atoms with van der Waals surface area (Å²) >= 11 is 2.26. The van der Waals surface area contributed by atoms with E-state index in [0.717, 1.165) is 5.75 Å². The molecule has 0 radical (unpaired) electrons. The Morgan fingerprint density at radius 2 is 1.79 bits per heavy atom. The first-order chi connectivity index (χ1) is 6.77. The van der Waals surface area contributed by atoms with Crippen LogP contribution in [0.5, 0.6) is 5.75 Å². The normalized spacial score (nSPS) is 12.7. The number of alkyl halides is 1. The van der Waals surface area contributed by atoms with E-state index in [9.17, 15) is 0 Å². The molecule has 0 saturated heterocycles. The maximum Gasteiger partial charge on any atom is 0.146 e. The van der Waals surface area contributed by atoms with E-state index < -0.39 is 0 Å². The van der Waals surface area contributed by atoms with E-state index in [1.165, 1.54) is 10.8 Å². The molecule has 0 aliphatic heterocycles. The summed E-state index contributed by atoms with van der Waals surface area (Å²) in [5.41, 5.74) is 0. The Balaban J connectivity index is 2.53. The lowest BCUT2D eigenvalue weighted by Gasteiger charge is -2.10. The van der Waals surface area contributed by atoms with E-state index >= 15 is 0 Å². The molecule has 0 aromatic heterocycles. The van der Waals surface area contributed by atoms with Crippen molar-refractivity contribution in [2.24, 2.45) is 0 Å². The van der Waals surface area contributed by atoms with Crippen LogP contribution < -0.4 is 4.74 Å². The standard InChI is InChI=1S/C12H11IO/c1-9(13)14-12-8-4-6-10-5-2-3-7-11(10)12/h2-9H,1H3. The van der Waals surface area contributed by atoms with Crippen molar-refractivity contribution in [3.8, 4) is 5.75 Å². The molecule has 1 nitrogen and oxygen atoms in total. The van der Waals surface area contributed by atoms with Crippen LogP contribution >= 0.6 is 22.6 Å². The third-order valence-corrected chi connectivity index (χ3v) is 2.29. The molecule has 0 saturated carbocycles. The van der Waals surface area contributed by atoms with Gasteiger partial charge in [0.2, 0.25) is 0 Å². The van der Waals surface area contributed by atoms with Gasteiger partial charge in [0.15, 0.2) is 0 Å². The van der Waals surface area contributed by atoms with Gasteiger partial charge < -0.3 is 4.74 Å². The fourth-order valence-electron chi connectivity index (χ4n) is 1.47. The highest BCUT2D eigenvalue weighted by atomic mass is 127. The minimum atomic E-state index is 0.193. The van der Waals surface area contributed by atoms with Gasteiger partial charge in [-0.05, 0) is 41.0 Å². The van der Waals surface area contributed by atoms with E-state index in [2.05, 4.69) is 40.8 Å². The highest BCUT2D eigenvalue weighted by Gasteiger charge is 2.02. The summed E-state index contributed by atoms with van der Waals surface area (Å²) < 4.78 is 5.91. The molecular formula is C12H11IO. The molecule has 0 aliphatic carbocycles. The van der Waals surface area contributed by atoms with Crippen molar-refractivity contribution in [3.05, 3.63) is 42.5 Å². The zero-order chi connectivity index (χ0) is 9.97. The van der Waals surface area contributed by atoms with Crippen LogP contribution in [0.3, 0.4) is 0 Å². The van der Waals surface area contributed by atoms with Gasteiger partial charge in [0.1, 0.15) is 9.86 Å². The first-order valence-corrected chi connectivity index (χ1v) is 5.80. The molecule has 0 fully saturated rings. The predicted molar refractivity (Wildman–Crippen MR) is 68.1 cm³/mol. The third kappa shape index (κ3) is 2.00. The summed E-state index contributed by atoms with van der Waals surface area (Å²) in [4.78, 5) is 0. The van der Waals surface area contributed by atoms with E-state index in [-0.39, 0.29) is 4.11 Å². The van der Waals surface area contributed by atoms with E-state index in [1.54, 1.807) is 0 Å². The highest BCUT2D eigenvalue weighted by molar-refractivity contribution is 14.1. The maximum absolute atomic E-state index is 5.71. The van der Waals surface area contributed by atoms with Gasteiger partial charge in [-0.25, -0.2) is 0 Å². The summed E-state index contributed by atoms with van der Waals surface area (Å²) in [6.07, 6.45) is 0. The molecule has 1 atom stereocenters. The van der Waals surface area contributed by atoms with Gasteiger partial charge in [0.05, 0.1) is 0 Å². The molecule has 0 heterocycles. The fraction of sp³-hybridized carbons (Fsp3) is 0.167. The van der Waals surface area contributed by atoms with Gasteiger partial charge in [-0.3, -0.25) is 0 Å². The Bertz CT molecular complexity index is 432. The number of fused-ring (bicyclic) bond motifs is 1. The summed E-state index contributed by atoms with van der Waals surface area (Å²) in [5.74, 6) is 0.963. The molecule has 2 aromatic rings. The zero-order valence-corrected chi connectivity index (χ0v) is 10.1. The average Bonchev–Trinajstić information content (AvgIpc) is 2.18. The molecule has 0 spiro atoms. The fourth-order valence-corrected chi connectivity index (χ4v) is 1.75. The molecule has 72 valence electrons. The summed E-state index contributed by atoms with van der Waals surface area (Å²) in [6, 6.07) is 14.4. The van der Waals surface area contributed by atoms with Gasteiger partial charge in [-0.2, -0.15) is 0 Å². The molecule has 0 aliphatic rings. The number of hydrogen-bond acceptors (Lipinski definition) is 1. The number of hydrogen-bond donors (Lipinski definition) is 0. The van der Waals surface area contributed by atoms with Crippen molar-refractivity contribution in [1.82, 2.24) is 0 Å². The molecule has 0 amide bonds. The van der Waals surface area contributed by atoms with Crippen molar-refractivity contribution in [1.29, 1.82) is 0 Å².